The van der Waals surface area contributed by atoms with Crippen molar-refractivity contribution in [2.45, 2.75) is 13.8 Å². The van der Waals surface area contributed by atoms with Gasteiger partial charge in [0.25, 0.3) is 0 Å². The summed E-state index contributed by atoms with van der Waals surface area (Å²) in [6.45, 7) is 4.18. The van der Waals surface area contributed by atoms with Gasteiger partial charge in [-0.05, 0) is 57.4 Å². The molecular formula is C44H33NO. The average molecular weight is 592 g/mol. The SMILES string of the molecule is Cc1ccc(-c2ccc(C3=C(c4ccccc4)C(=O)C(c4ccccc4)=C3c3ccc(C4=CC(C)C(C#N)C=C4)cc3)cc2)cc1. The van der Waals surface area contributed by atoms with E-state index in [-0.39, 0.29) is 17.6 Å². The normalized spacial score (nSPS) is 17.7. The Morgan fingerprint density at radius 2 is 0.935 bits per heavy atom. The fourth-order valence-corrected chi connectivity index (χ4v) is 6.52. The molecule has 5 aromatic carbocycles. The predicted molar refractivity (Wildman–Crippen MR) is 190 cm³/mol. The summed E-state index contributed by atoms with van der Waals surface area (Å²) in [5.74, 6) is 0.0753. The Balaban J connectivity index is 1.40. The highest BCUT2D eigenvalue weighted by Gasteiger charge is 2.35. The van der Waals surface area contributed by atoms with E-state index in [1.165, 1.54) is 5.56 Å². The molecule has 2 unspecified atom stereocenters. The minimum Gasteiger partial charge on any atom is -0.289 e. The lowest BCUT2D eigenvalue weighted by molar-refractivity contribution is -0.108. The summed E-state index contributed by atoms with van der Waals surface area (Å²) < 4.78 is 0. The number of aryl methyl sites for hydroxylation is 1. The third kappa shape index (κ3) is 5.38. The van der Waals surface area contributed by atoms with Crippen molar-refractivity contribution in [1.29, 1.82) is 5.26 Å². The van der Waals surface area contributed by atoms with Gasteiger partial charge in [-0.25, -0.2) is 0 Å². The molecule has 0 aromatic heterocycles. The van der Waals surface area contributed by atoms with Crippen molar-refractivity contribution in [3.63, 3.8) is 0 Å². The molecule has 0 spiro atoms. The van der Waals surface area contributed by atoms with E-state index in [0.29, 0.717) is 5.57 Å². The number of ketones is 1. The highest BCUT2D eigenvalue weighted by molar-refractivity contribution is 6.59. The molecule has 0 bridgehead atoms. The number of hydrogen-bond acceptors (Lipinski definition) is 2. The van der Waals surface area contributed by atoms with Crippen LogP contribution < -0.4 is 0 Å². The molecule has 0 heterocycles. The fraction of sp³-hybridized carbons (Fsp3) is 0.0909. The first-order valence-corrected chi connectivity index (χ1v) is 15.7. The topological polar surface area (TPSA) is 40.9 Å². The standard InChI is InChI=1S/C44H33NO/c1-29-13-15-31(16-14-29)32-17-21-36(22-18-32)40-41(37-23-19-33(20-24-37)38-25-26-39(28-45)30(2)27-38)43(35-11-7-4-8-12-35)44(46)42(40)34-9-5-3-6-10-34/h3-27,30,39H,1-2H3. The molecule has 2 nitrogen and oxygen atoms in total. The number of carbonyl (C=O) groups is 1. The van der Waals surface area contributed by atoms with Crippen molar-refractivity contribution >= 4 is 33.6 Å². The molecular weight excluding hydrogens is 558 g/mol. The Morgan fingerprint density at radius 3 is 1.39 bits per heavy atom. The molecule has 2 aliphatic carbocycles. The molecule has 0 aliphatic heterocycles. The van der Waals surface area contributed by atoms with Crippen LogP contribution >= 0.6 is 0 Å². The van der Waals surface area contributed by atoms with Crippen LogP contribution in [0.15, 0.2) is 152 Å². The largest absolute Gasteiger partial charge is 0.289 e. The first-order valence-electron chi connectivity index (χ1n) is 15.7. The number of allylic oxidation sites excluding steroid dienone is 8. The summed E-state index contributed by atoms with van der Waals surface area (Å²) in [7, 11) is 0. The Bertz CT molecular complexity index is 2090. The van der Waals surface area contributed by atoms with Gasteiger partial charge in [0.1, 0.15) is 0 Å². The molecule has 2 heteroatoms. The molecule has 7 rings (SSSR count). The maximum absolute atomic E-state index is 14.6. The maximum atomic E-state index is 14.6. The van der Waals surface area contributed by atoms with Crippen molar-refractivity contribution in [3.05, 3.63) is 185 Å². The van der Waals surface area contributed by atoms with Gasteiger partial charge < -0.3 is 0 Å². The van der Waals surface area contributed by atoms with Gasteiger partial charge in [-0.15, -0.1) is 0 Å². The van der Waals surface area contributed by atoms with Crippen molar-refractivity contribution in [1.82, 2.24) is 0 Å². The van der Waals surface area contributed by atoms with Gasteiger partial charge in [-0.3, -0.25) is 4.79 Å². The monoisotopic (exact) mass is 591 g/mol. The van der Waals surface area contributed by atoms with Gasteiger partial charge in [-0.2, -0.15) is 5.26 Å². The van der Waals surface area contributed by atoms with Gasteiger partial charge in [0.05, 0.1) is 12.0 Å². The van der Waals surface area contributed by atoms with Gasteiger partial charge in [0.15, 0.2) is 5.78 Å². The molecule has 2 aliphatic rings. The van der Waals surface area contributed by atoms with Crippen LogP contribution in [0.1, 0.15) is 40.3 Å². The van der Waals surface area contributed by atoms with Crippen molar-refractivity contribution in [2.24, 2.45) is 11.8 Å². The second-order valence-corrected chi connectivity index (χ2v) is 12.1. The van der Waals surface area contributed by atoms with E-state index in [4.69, 9.17) is 0 Å². The Labute approximate surface area is 271 Å². The Hall–Kier alpha value is -5.78. The summed E-state index contributed by atoms with van der Waals surface area (Å²) in [6, 6.07) is 48.1. The summed E-state index contributed by atoms with van der Waals surface area (Å²) in [5, 5.41) is 9.45. The molecule has 0 fully saturated rings. The van der Waals surface area contributed by atoms with Crippen LogP contribution in [0.5, 0.6) is 0 Å². The molecule has 0 N–H and O–H groups in total. The highest BCUT2D eigenvalue weighted by atomic mass is 16.1. The van der Waals surface area contributed by atoms with Crippen molar-refractivity contribution in [2.75, 3.05) is 0 Å². The quantitative estimate of drug-likeness (QED) is 0.197. The summed E-state index contributed by atoms with van der Waals surface area (Å²) >= 11 is 0. The highest BCUT2D eigenvalue weighted by Crippen LogP contribution is 2.50. The van der Waals surface area contributed by atoms with E-state index in [1.807, 2.05) is 72.8 Å². The third-order valence-corrected chi connectivity index (χ3v) is 9.04. The molecule has 220 valence electrons. The number of nitriles is 1. The Kier molecular flexibility index (Phi) is 7.75. The van der Waals surface area contributed by atoms with Crippen molar-refractivity contribution in [3.8, 4) is 17.2 Å². The third-order valence-electron chi connectivity index (χ3n) is 9.04. The van der Waals surface area contributed by atoms with E-state index in [1.54, 1.807) is 0 Å². The smallest absolute Gasteiger partial charge is 0.195 e. The van der Waals surface area contributed by atoms with Crippen molar-refractivity contribution < 1.29 is 4.79 Å². The van der Waals surface area contributed by atoms with E-state index in [0.717, 1.165) is 61.2 Å². The molecule has 2 atom stereocenters. The fourth-order valence-electron chi connectivity index (χ4n) is 6.52. The van der Waals surface area contributed by atoms with Crippen LogP contribution in [0, 0.1) is 30.1 Å². The van der Waals surface area contributed by atoms with Crippen LogP contribution in [-0.2, 0) is 4.79 Å². The lowest BCUT2D eigenvalue weighted by Gasteiger charge is -2.18. The van der Waals surface area contributed by atoms with Gasteiger partial charge in [-0.1, -0.05) is 164 Å². The first-order chi connectivity index (χ1) is 22.5. The van der Waals surface area contributed by atoms with E-state index in [9.17, 15) is 10.1 Å². The van der Waals surface area contributed by atoms with E-state index >= 15 is 0 Å². The van der Waals surface area contributed by atoms with Gasteiger partial charge >= 0.3 is 0 Å². The van der Waals surface area contributed by atoms with E-state index in [2.05, 4.69) is 98.8 Å². The molecule has 0 radical (unpaired) electrons. The minimum absolute atomic E-state index is 0.0309. The first kappa shape index (κ1) is 29.0. The van der Waals surface area contributed by atoms with Crippen LogP contribution in [0.25, 0.3) is 39.0 Å². The van der Waals surface area contributed by atoms with Crippen LogP contribution in [0.2, 0.25) is 0 Å². The Morgan fingerprint density at radius 1 is 0.522 bits per heavy atom. The number of carbonyl (C=O) groups excluding carboxylic acids is 1. The van der Waals surface area contributed by atoms with E-state index < -0.39 is 0 Å². The molecule has 0 saturated heterocycles. The zero-order chi connectivity index (χ0) is 31.6. The summed E-state index contributed by atoms with van der Waals surface area (Å²) in [6.07, 6.45) is 6.21. The van der Waals surface area contributed by atoms with Crippen LogP contribution in [-0.4, -0.2) is 5.78 Å². The number of nitrogens with zero attached hydrogens (tertiary/aromatic N) is 1. The average Bonchev–Trinajstić information content (AvgIpc) is 3.42. The lowest BCUT2D eigenvalue weighted by Crippen LogP contribution is -2.08. The number of benzene rings is 5. The van der Waals surface area contributed by atoms with Gasteiger partial charge in [0.2, 0.25) is 0 Å². The maximum Gasteiger partial charge on any atom is 0.195 e. The zero-order valence-corrected chi connectivity index (χ0v) is 25.9. The predicted octanol–water partition coefficient (Wildman–Crippen LogP) is 10.5. The minimum atomic E-state index is -0.104. The second-order valence-electron chi connectivity index (χ2n) is 12.1. The molecule has 0 amide bonds. The molecule has 5 aromatic rings. The lowest BCUT2D eigenvalue weighted by atomic mass is 9.85. The van der Waals surface area contributed by atoms with Crippen LogP contribution in [0.3, 0.4) is 0 Å². The molecule has 46 heavy (non-hydrogen) atoms. The summed E-state index contributed by atoms with van der Waals surface area (Å²) in [5.41, 5.74) is 12.8. The van der Waals surface area contributed by atoms with Crippen LogP contribution in [0.4, 0.5) is 0 Å². The van der Waals surface area contributed by atoms with Gasteiger partial charge in [0, 0.05) is 22.3 Å². The number of hydrogen-bond donors (Lipinski definition) is 0. The number of rotatable bonds is 6. The zero-order valence-electron chi connectivity index (χ0n) is 25.9. The number of Topliss-reactive ketones (excluding diaryl/α,β-unsaturated/α-hetero) is 1. The summed E-state index contributed by atoms with van der Waals surface area (Å²) in [4.78, 5) is 14.6. The second kappa shape index (κ2) is 12.3. The molecule has 0 saturated carbocycles.